The number of aromatic amines is 1. The number of anilines is 1. The van der Waals surface area contributed by atoms with Crippen molar-refractivity contribution in [1.29, 1.82) is 5.26 Å². The van der Waals surface area contributed by atoms with Gasteiger partial charge < -0.3 is 14.1 Å². The number of aryl methyl sites for hydroxylation is 1. The Morgan fingerprint density at radius 3 is 2.91 bits per heavy atom. The van der Waals surface area contributed by atoms with Gasteiger partial charge in [0.15, 0.2) is 5.89 Å². The van der Waals surface area contributed by atoms with E-state index in [1.54, 1.807) is 12.4 Å². The summed E-state index contributed by atoms with van der Waals surface area (Å²) in [5.41, 5.74) is 2.46. The molecule has 6 heteroatoms. The molecule has 0 saturated heterocycles. The smallest absolute Gasteiger partial charge is 0.201 e. The molecule has 0 spiro atoms. The van der Waals surface area contributed by atoms with Crippen LogP contribution >= 0.6 is 11.9 Å². The molecule has 5 nitrogen and oxygen atoms in total. The number of rotatable bonds is 4. The number of oxazole rings is 1. The standard InChI is InChI=1S/C14H12N4OS.C2H6/c1-2-12-16-8-13(19-12)20-18-11-5-3-4-10-9(6-15)7-17-14(10)11;1-2/h3-5,7-8,17-18H,2H2,1H3;1-2H3. The van der Waals surface area contributed by atoms with Gasteiger partial charge in [0.2, 0.25) is 5.09 Å². The third-order valence-electron chi connectivity index (χ3n) is 2.93. The number of aromatic nitrogens is 2. The molecule has 0 bridgehead atoms. The minimum Gasteiger partial charge on any atom is -0.433 e. The van der Waals surface area contributed by atoms with E-state index in [0.29, 0.717) is 10.7 Å². The number of hydrogen-bond acceptors (Lipinski definition) is 5. The van der Waals surface area contributed by atoms with E-state index in [1.807, 2.05) is 39.0 Å². The van der Waals surface area contributed by atoms with Crippen molar-refractivity contribution in [2.45, 2.75) is 32.3 Å². The lowest BCUT2D eigenvalue weighted by atomic mass is 10.2. The summed E-state index contributed by atoms with van der Waals surface area (Å²) in [6.07, 6.45) is 4.19. The van der Waals surface area contributed by atoms with Gasteiger partial charge in [0, 0.05) is 30.0 Å². The van der Waals surface area contributed by atoms with Crippen molar-refractivity contribution in [1.82, 2.24) is 9.97 Å². The number of fused-ring (bicyclic) bond motifs is 1. The van der Waals surface area contributed by atoms with Crippen molar-refractivity contribution in [3.8, 4) is 6.07 Å². The minimum absolute atomic E-state index is 0.640. The van der Waals surface area contributed by atoms with E-state index in [-0.39, 0.29) is 0 Å². The van der Waals surface area contributed by atoms with E-state index in [9.17, 15) is 0 Å². The Morgan fingerprint density at radius 1 is 1.41 bits per heavy atom. The second-order valence-corrected chi connectivity index (χ2v) is 4.98. The van der Waals surface area contributed by atoms with Crippen LogP contribution in [0.2, 0.25) is 0 Å². The Balaban J connectivity index is 0.000000847. The van der Waals surface area contributed by atoms with E-state index in [2.05, 4.69) is 20.8 Å². The van der Waals surface area contributed by atoms with Crippen LogP contribution in [0.1, 0.15) is 32.2 Å². The van der Waals surface area contributed by atoms with E-state index >= 15 is 0 Å². The van der Waals surface area contributed by atoms with E-state index in [4.69, 9.17) is 9.68 Å². The topological polar surface area (TPSA) is 77.6 Å². The Bertz CT molecular complexity index is 785. The quantitative estimate of drug-likeness (QED) is 0.680. The van der Waals surface area contributed by atoms with Crippen LogP contribution in [0.5, 0.6) is 0 Å². The Morgan fingerprint density at radius 2 is 2.23 bits per heavy atom. The number of nitrogens with zero attached hydrogens (tertiary/aromatic N) is 2. The Kier molecular flexibility index (Phi) is 5.50. The van der Waals surface area contributed by atoms with Gasteiger partial charge >= 0.3 is 0 Å². The van der Waals surface area contributed by atoms with Gasteiger partial charge in [0.1, 0.15) is 6.07 Å². The van der Waals surface area contributed by atoms with Crippen molar-refractivity contribution in [2.75, 3.05) is 4.72 Å². The first-order valence-corrected chi connectivity index (χ1v) is 8.01. The summed E-state index contributed by atoms with van der Waals surface area (Å²) in [6.45, 7) is 6.00. The highest BCUT2D eigenvalue weighted by atomic mass is 32.2. The first-order chi connectivity index (χ1) is 10.8. The summed E-state index contributed by atoms with van der Waals surface area (Å²) >= 11 is 1.36. The zero-order chi connectivity index (χ0) is 15.9. The lowest BCUT2D eigenvalue weighted by molar-refractivity contribution is 0.428. The molecule has 0 aliphatic carbocycles. The molecule has 0 radical (unpaired) electrons. The summed E-state index contributed by atoms with van der Waals surface area (Å²) in [4.78, 5) is 7.26. The van der Waals surface area contributed by atoms with Crippen molar-refractivity contribution in [2.24, 2.45) is 0 Å². The summed E-state index contributed by atoms with van der Waals surface area (Å²) in [6, 6.07) is 7.95. The van der Waals surface area contributed by atoms with Crippen LogP contribution in [-0.2, 0) is 6.42 Å². The number of H-pyrrole nitrogens is 1. The Labute approximate surface area is 133 Å². The lowest BCUT2D eigenvalue weighted by Crippen LogP contribution is -1.87. The minimum atomic E-state index is 0.640. The van der Waals surface area contributed by atoms with Gasteiger partial charge in [-0.2, -0.15) is 5.26 Å². The molecule has 0 saturated carbocycles. The van der Waals surface area contributed by atoms with Crippen molar-refractivity contribution < 1.29 is 4.42 Å². The third kappa shape index (κ3) is 3.26. The number of nitriles is 1. The van der Waals surface area contributed by atoms with Crippen molar-refractivity contribution >= 4 is 28.5 Å². The molecule has 3 rings (SSSR count). The molecule has 2 heterocycles. The highest BCUT2D eigenvalue weighted by Crippen LogP contribution is 2.29. The van der Waals surface area contributed by atoms with Crippen LogP contribution in [-0.4, -0.2) is 9.97 Å². The zero-order valence-corrected chi connectivity index (χ0v) is 13.6. The molecule has 22 heavy (non-hydrogen) atoms. The maximum absolute atomic E-state index is 9.03. The molecular formula is C16H18N4OS. The lowest BCUT2D eigenvalue weighted by Gasteiger charge is -2.04. The van der Waals surface area contributed by atoms with Crippen LogP contribution in [0.4, 0.5) is 5.69 Å². The van der Waals surface area contributed by atoms with Gasteiger partial charge in [-0.15, -0.1) is 0 Å². The van der Waals surface area contributed by atoms with E-state index < -0.39 is 0 Å². The number of nitrogens with one attached hydrogen (secondary N) is 2. The number of para-hydroxylation sites is 1. The van der Waals surface area contributed by atoms with Crippen molar-refractivity contribution in [3.63, 3.8) is 0 Å². The van der Waals surface area contributed by atoms with Gasteiger partial charge in [-0.05, 0) is 6.07 Å². The fourth-order valence-electron chi connectivity index (χ4n) is 1.94. The first-order valence-electron chi connectivity index (χ1n) is 7.19. The summed E-state index contributed by atoms with van der Waals surface area (Å²) < 4.78 is 8.74. The molecule has 114 valence electrons. The van der Waals surface area contributed by atoms with Gasteiger partial charge in [0.25, 0.3) is 0 Å². The van der Waals surface area contributed by atoms with E-state index in [1.165, 1.54) is 11.9 Å². The highest BCUT2D eigenvalue weighted by Gasteiger charge is 2.08. The van der Waals surface area contributed by atoms with Crippen LogP contribution in [0, 0.1) is 11.3 Å². The highest BCUT2D eigenvalue weighted by molar-refractivity contribution is 8.00. The van der Waals surface area contributed by atoms with Crippen LogP contribution in [0.25, 0.3) is 10.9 Å². The predicted molar refractivity (Wildman–Crippen MR) is 89.7 cm³/mol. The van der Waals surface area contributed by atoms with E-state index in [0.717, 1.165) is 28.9 Å². The second-order valence-electron chi connectivity index (χ2n) is 4.17. The van der Waals surface area contributed by atoms with Crippen LogP contribution in [0.3, 0.4) is 0 Å². The van der Waals surface area contributed by atoms with Gasteiger partial charge in [-0.3, -0.25) is 0 Å². The second kappa shape index (κ2) is 7.57. The molecule has 0 aliphatic rings. The molecule has 0 atom stereocenters. The largest absolute Gasteiger partial charge is 0.433 e. The molecule has 0 amide bonds. The molecule has 2 N–H and O–H groups in total. The molecule has 3 aromatic rings. The van der Waals surface area contributed by atoms with Crippen LogP contribution in [0.15, 0.2) is 40.1 Å². The fourth-order valence-corrected chi connectivity index (χ4v) is 2.57. The molecule has 0 unspecified atom stereocenters. The predicted octanol–water partition coefficient (Wildman–Crippen LogP) is 4.74. The van der Waals surface area contributed by atoms with Gasteiger partial charge in [0.05, 0.1) is 23.0 Å². The normalized spacial score (nSPS) is 9.91. The zero-order valence-electron chi connectivity index (χ0n) is 12.8. The molecule has 0 fully saturated rings. The molecular weight excluding hydrogens is 296 g/mol. The molecule has 2 aromatic heterocycles. The molecule has 0 aliphatic heterocycles. The average Bonchev–Trinajstić information content (AvgIpc) is 3.21. The maximum atomic E-state index is 9.03. The number of hydrogen-bond donors (Lipinski definition) is 2. The number of benzene rings is 1. The molecule has 1 aromatic carbocycles. The first kappa shape index (κ1) is 16.0. The van der Waals surface area contributed by atoms with Gasteiger partial charge in [-0.25, -0.2) is 4.98 Å². The van der Waals surface area contributed by atoms with Gasteiger partial charge in [-0.1, -0.05) is 32.9 Å². The summed E-state index contributed by atoms with van der Waals surface area (Å²) in [5, 5.41) is 10.7. The summed E-state index contributed by atoms with van der Waals surface area (Å²) in [5.74, 6) is 0.721. The average molecular weight is 314 g/mol. The fraction of sp³-hybridized carbons (Fsp3) is 0.250. The van der Waals surface area contributed by atoms with Crippen LogP contribution < -0.4 is 4.72 Å². The monoisotopic (exact) mass is 314 g/mol. The summed E-state index contributed by atoms with van der Waals surface area (Å²) in [7, 11) is 0. The third-order valence-corrected chi connectivity index (χ3v) is 3.64. The van der Waals surface area contributed by atoms with Crippen molar-refractivity contribution in [3.05, 3.63) is 42.0 Å². The maximum Gasteiger partial charge on any atom is 0.201 e. The Hall–Kier alpha value is -2.39. The SMILES string of the molecule is CC.CCc1ncc(SNc2cccc3c(C#N)c[nH]c23)o1.